The van der Waals surface area contributed by atoms with E-state index in [1.807, 2.05) is 48.6 Å². The van der Waals surface area contributed by atoms with Crippen molar-refractivity contribution in [2.24, 2.45) is 0 Å². The highest BCUT2D eigenvalue weighted by Gasteiger charge is 2.19. The van der Waals surface area contributed by atoms with Crippen LogP contribution in [0, 0.1) is 18.3 Å². The van der Waals surface area contributed by atoms with Crippen molar-refractivity contribution in [2.45, 2.75) is 6.92 Å². The molecule has 0 aliphatic carbocycles. The van der Waals surface area contributed by atoms with E-state index in [-0.39, 0.29) is 0 Å². The molecular formula is C45H31N3. The molecule has 0 amide bonds. The van der Waals surface area contributed by atoms with Gasteiger partial charge in [-0.05, 0) is 104 Å². The molecule has 0 radical (unpaired) electrons. The largest absolute Gasteiger partial charge is 0.292 e. The topological polar surface area (TPSA) is 41.6 Å². The minimum Gasteiger partial charge on any atom is -0.292 e. The monoisotopic (exact) mass is 613 g/mol. The van der Waals surface area contributed by atoms with Crippen LogP contribution in [0.4, 0.5) is 0 Å². The van der Waals surface area contributed by atoms with E-state index in [2.05, 4.69) is 133 Å². The van der Waals surface area contributed by atoms with E-state index in [4.69, 9.17) is 4.98 Å². The highest BCUT2D eigenvalue weighted by molar-refractivity contribution is 6.21. The maximum Gasteiger partial charge on any atom is 0.145 e. The van der Waals surface area contributed by atoms with E-state index in [0.717, 1.165) is 33.7 Å². The lowest BCUT2D eigenvalue weighted by molar-refractivity contribution is 1.10. The Hall–Kier alpha value is -6.50. The number of imidazole rings is 1. The van der Waals surface area contributed by atoms with Crippen molar-refractivity contribution >= 4 is 38.7 Å². The predicted molar refractivity (Wildman–Crippen MR) is 201 cm³/mol. The number of rotatable bonds is 6. The van der Waals surface area contributed by atoms with Crippen molar-refractivity contribution in [1.29, 1.82) is 5.26 Å². The van der Waals surface area contributed by atoms with E-state index in [1.165, 1.54) is 49.4 Å². The SMILES string of the molecule is C=C/C=C\c1cc(-c2c3ccccc3c(-c3cccc(-c4nc5cc(C#N)ccc5n4-c4ccccc4)c3)c3ccccc23)ccc1C. The highest BCUT2D eigenvalue weighted by atomic mass is 15.1. The van der Waals surface area contributed by atoms with Gasteiger partial charge in [0.05, 0.1) is 22.7 Å². The second kappa shape index (κ2) is 12.0. The molecule has 0 spiro atoms. The van der Waals surface area contributed by atoms with Gasteiger partial charge in [-0.25, -0.2) is 4.98 Å². The molecule has 0 atom stereocenters. The number of nitrogens with zero attached hydrogens (tertiary/aromatic N) is 3. The number of hydrogen-bond acceptors (Lipinski definition) is 2. The molecule has 0 fully saturated rings. The molecule has 1 heterocycles. The summed E-state index contributed by atoms with van der Waals surface area (Å²) in [6.45, 7) is 6.01. The Labute approximate surface area is 280 Å². The van der Waals surface area contributed by atoms with Crippen LogP contribution >= 0.6 is 0 Å². The lowest BCUT2D eigenvalue weighted by atomic mass is 9.85. The molecule has 226 valence electrons. The van der Waals surface area contributed by atoms with E-state index >= 15 is 0 Å². The van der Waals surface area contributed by atoms with E-state index in [0.29, 0.717) is 5.56 Å². The molecule has 0 saturated heterocycles. The average molecular weight is 614 g/mol. The van der Waals surface area contributed by atoms with Gasteiger partial charge < -0.3 is 0 Å². The van der Waals surface area contributed by atoms with E-state index < -0.39 is 0 Å². The molecule has 0 saturated carbocycles. The summed E-state index contributed by atoms with van der Waals surface area (Å²) in [5.41, 5.74) is 11.5. The Morgan fingerprint density at radius 3 is 1.92 bits per heavy atom. The van der Waals surface area contributed by atoms with Crippen LogP contribution in [-0.4, -0.2) is 9.55 Å². The number of aryl methyl sites for hydroxylation is 1. The normalized spacial score (nSPS) is 11.4. The molecule has 0 unspecified atom stereocenters. The maximum absolute atomic E-state index is 9.60. The Kier molecular flexibility index (Phi) is 7.25. The van der Waals surface area contributed by atoms with E-state index in [1.54, 1.807) is 0 Å². The third-order valence-electron chi connectivity index (χ3n) is 9.12. The number of aromatic nitrogens is 2. The summed E-state index contributed by atoms with van der Waals surface area (Å²) in [6, 6.07) is 51.2. The summed E-state index contributed by atoms with van der Waals surface area (Å²) in [5.74, 6) is 0.832. The van der Waals surface area contributed by atoms with Gasteiger partial charge in [-0.2, -0.15) is 5.26 Å². The summed E-state index contributed by atoms with van der Waals surface area (Å²) in [7, 11) is 0. The molecule has 48 heavy (non-hydrogen) atoms. The number of allylic oxidation sites excluding steroid dienone is 2. The van der Waals surface area contributed by atoms with Crippen LogP contribution in [0.2, 0.25) is 0 Å². The molecule has 0 aliphatic rings. The number of hydrogen-bond donors (Lipinski definition) is 0. The van der Waals surface area contributed by atoms with Gasteiger partial charge in [-0.1, -0.05) is 122 Å². The molecule has 0 aliphatic heterocycles. The van der Waals surface area contributed by atoms with Crippen LogP contribution < -0.4 is 0 Å². The summed E-state index contributed by atoms with van der Waals surface area (Å²) in [5, 5.41) is 14.4. The number of nitriles is 1. The lowest BCUT2D eigenvalue weighted by Crippen LogP contribution is -1.97. The molecule has 1 aromatic heterocycles. The van der Waals surface area contributed by atoms with Gasteiger partial charge in [0.2, 0.25) is 0 Å². The number of fused-ring (bicyclic) bond motifs is 3. The van der Waals surface area contributed by atoms with Crippen molar-refractivity contribution in [2.75, 3.05) is 0 Å². The van der Waals surface area contributed by atoms with Gasteiger partial charge >= 0.3 is 0 Å². The third-order valence-corrected chi connectivity index (χ3v) is 9.12. The smallest absolute Gasteiger partial charge is 0.145 e. The van der Waals surface area contributed by atoms with Crippen molar-refractivity contribution in [3.05, 3.63) is 175 Å². The quantitative estimate of drug-likeness (QED) is 0.138. The third kappa shape index (κ3) is 4.88. The first-order valence-electron chi connectivity index (χ1n) is 16.1. The zero-order valence-electron chi connectivity index (χ0n) is 26.6. The molecule has 3 heteroatoms. The molecule has 0 bridgehead atoms. The minimum absolute atomic E-state index is 0.593. The van der Waals surface area contributed by atoms with Gasteiger partial charge in [0.1, 0.15) is 5.82 Å². The first kappa shape index (κ1) is 28.9. The van der Waals surface area contributed by atoms with Crippen molar-refractivity contribution in [3.63, 3.8) is 0 Å². The Bertz CT molecular complexity index is 2540. The molecule has 7 aromatic carbocycles. The van der Waals surface area contributed by atoms with Crippen molar-refractivity contribution in [3.8, 4) is 45.4 Å². The molecule has 0 N–H and O–H groups in total. The van der Waals surface area contributed by atoms with Gasteiger partial charge in [0.25, 0.3) is 0 Å². The Morgan fingerprint density at radius 1 is 0.646 bits per heavy atom. The number of benzene rings is 7. The zero-order valence-corrected chi connectivity index (χ0v) is 26.6. The molecule has 8 aromatic rings. The van der Waals surface area contributed by atoms with E-state index in [9.17, 15) is 5.26 Å². The van der Waals surface area contributed by atoms with Crippen LogP contribution in [-0.2, 0) is 0 Å². The molecule has 3 nitrogen and oxygen atoms in total. The molecular weight excluding hydrogens is 583 g/mol. The summed E-state index contributed by atoms with van der Waals surface area (Å²) in [6.07, 6.45) is 5.94. The fourth-order valence-corrected chi connectivity index (χ4v) is 6.89. The van der Waals surface area contributed by atoms with Crippen LogP contribution in [0.15, 0.2) is 158 Å². The molecule has 8 rings (SSSR count). The minimum atomic E-state index is 0.593. The van der Waals surface area contributed by atoms with Crippen LogP contribution in [0.1, 0.15) is 16.7 Å². The van der Waals surface area contributed by atoms with Gasteiger partial charge in [0.15, 0.2) is 0 Å². The van der Waals surface area contributed by atoms with Crippen LogP contribution in [0.25, 0.3) is 78.0 Å². The van der Waals surface area contributed by atoms with Gasteiger partial charge in [-0.3, -0.25) is 4.57 Å². The first-order valence-corrected chi connectivity index (χ1v) is 16.1. The Balaban J connectivity index is 1.38. The average Bonchev–Trinajstić information content (AvgIpc) is 3.53. The van der Waals surface area contributed by atoms with Crippen LogP contribution in [0.3, 0.4) is 0 Å². The van der Waals surface area contributed by atoms with Crippen molar-refractivity contribution < 1.29 is 0 Å². The second-order valence-electron chi connectivity index (χ2n) is 12.0. The zero-order chi connectivity index (χ0) is 32.6. The van der Waals surface area contributed by atoms with Gasteiger partial charge in [-0.15, -0.1) is 0 Å². The Morgan fingerprint density at radius 2 is 1.27 bits per heavy atom. The fraction of sp³-hybridized carbons (Fsp3) is 0.0222. The van der Waals surface area contributed by atoms with Gasteiger partial charge in [0, 0.05) is 11.3 Å². The number of para-hydroxylation sites is 1. The summed E-state index contributed by atoms with van der Waals surface area (Å²) < 4.78 is 2.19. The standard InChI is InChI=1S/C45H31N3/c1-3-4-13-32-27-34(24-22-30(32)2)44-39-20-10-8-18-37(39)43(38-19-9-11-21-40(38)44)33-14-12-15-35(28-33)45-47-41-26-31(29-46)23-25-42(41)48(45)36-16-6-5-7-17-36/h3-28H,1H2,2H3/b13-4-. The highest BCUT2D eigenvalue weighted by Crippen LogP contribution is 2.44. The van der Waals surface area contributed by atoms with Crippen LogP contribution in [0.5, 0.6) is 0 Å². The first-order chi connectivity index (χ1) is 23.6. The second-order valence-corrected chi connectivity index (χ2v) is 12.0. The lowest BCUT2D eigenvalue weighted by Gasteiger charge is -2.19. The fourth-order valence-electron chi connectivity index (χ4n) is 6.89. The summed E-state index contributed by atoms with van der Waals surface area (Å²) in [4.78, 5) is 5.12. The summed E-state index contributed by atoms with van der Waals surface area (Å²) >= 11 is 0. The predicted octanol–water partition coefficient (Wildman–Crippen LogP) is 11.7. The maximum atomic E-state index is 9.60. The van der Waals surface area contributed by atoms with Crippen molar-refractivity contribution in [1.82, 2.24) is 9.55 Å².